The lowest BCUT2D eigenvalue weighted by Crippen LogP contribution is -2.60. The fourth-order valence-corrected chi connectivity index (χ4v) is 2.91. The van der Waals surface area contributed by atoms with E-state index in [0.29, 0.717) is 4.57 Å². The molecule has 1 aliphatic rings. The maximum absolute atomic E-state index is 15.1. The van der Waals surface area contributed by atoms with Gasteiger partial charge in [-0.2, -0.15) is 0 Å². The van der Waals surface area contributed by atoms with Gasteiger partial charge in [-0.3, -0.25) is 14.1 Å². The number of aromatic amines is 1. The minimum Gasteiger partial charge on any atom is -0.386 e. The highest BCUT2D eigenvalue weighted by Gasteiger charge is 2.68. The molecule has 6 radical (unpaired) electrons. The summed E-state index contributed by atoms with van der Waals surface area (Å²) in [6.07, 6.45) is -4.10. The minimum atomic E-state index is -5.45. The molecule has 1 saturated heterocycles. The first-order chi connectivity index (χ1) is 11.1. The monoisotopic (exact) mass is 388 g/mol. The highest BCUT2D eigenvalue weighted by molar-refractivity contribution is 7.71. The second-order valence-electron chi connectivity index (χ2n) is 5.24. The summed E-state index contributed by atoms with van der Waals surface area (Å²) in [6, 6.07) is 1.14. The molecule has 16 heteroatoms. The van der Waals surface area contributed by atoms with Crippen LogP contribution in [0.2, 0.25) is 0 Å². The average molecular weight is 388 g/mol. The summed E-state index contributed by atoms with van der Waals surface area (Å²) in [5, 5.41) is 16.5. The van der Waals surface area contributed by atoms with Gasteiger partial charge in [0.1, 0.15) is 46.0 Å². The Morgan fingerprint density at radius 2 is 2.00 bits per heavy atom. The SMILES string of the molecule is [B]C([B])(OP(=O)(O)O)[C@@]1(F)O[C@@]([B])(n2ccc(=S)[nH]c2=O)[C@H](O)[C@@H]1O. The molecule has 10 nitrogen and oxygen atoms in total. The van der Waals surface area contributed by atoms with Gasteiger partial charge in [0.2, 0.25) is 0 Å². The van der Waals surface area contributed by atoms with Gasteiger partial charge in [0.15, 0.2) is 0 Å². The number of hydrogen-bond acceptors (Lipinski definition) is 7. The van der Waals surface area contributed by atoms with Gasteiger partial charge in [0.05, 0.1) is 5.40 Å². The molecule has 0 saturated carbocycles. The zero-order valence-corrected chi connectivity index (χ0v) is 13.9. The Balaban J connectivity index is 2.55. The van der Waals surface area contributed by atoms with Gasteiger partial charge in [-0.1, -0.05) is 12.2 Å². The van der Waals surface area contributed by atoms with Crippen LogP contribution < -0.4 is 5.69 Å². The van der Waals surface area contributed by atoms with Crippen LogP contribution in [0.1, 0.15) is 0 Å². The van der Waals surface area contributed by atoms with Gasteiger partial charge >= 0.3 is 13.5 Å². The molecule has 0 aromatic carbocycles. The lowest BCUT2D eigenvalue weighted by Gasteiger charge is -2.40. The molecule has 2 heterocycles. The average Bonchev–Trinajstić information content (AvgIpc) is 2.59. The third kappa shape index (κ3) is 3.43. The molecule has 0 amide bonds. The molecule has 2 rings (SSSR count). The van der Waals surface area contributed by atoms with Crippen molar-refractivity contribution < 1.29 is 38.2 Å². The van der Waals surface area contributed by atoms with E-state index in [1.165, 1.54) is 0 Å². The van der Waals surface area contributed by atoms with Crippen LogP contribution in [-0.4, -0.2) is 76.6 Å². The molecule has 4 atom stereocenters. The fourth-order valence-electron chi connectivity index (χ4n) is 2.24. The molecule has 1 fully saturated rings. The normalized spacial score (nSPS) is 33.5. The van der Waals surface area contributed by atoms with Crippen LogP contribution in [0.3, 0.4) is 0 Å². The standard InChI is InChI=1S/C9H9B3FN2O8PS/c10-8(15-2-1-3(25)14-6(15)18)5(17)4(16)7(13,22-8)9(11,12)23-24(19,20)21/h1-2,4-5,16-17H,(H,14,18,25)(H2,19,20,21)/t4-,5+,7-,8-/m0/s1. The van der Waals surface area contributed by atoms with Crippen molar-refractivity contribution in [3.63, 3.8) is 0 Å². The van der Waals surface area contributed by atoms with E-state index in [4.69, 9.17) is 45.5 Å². The Labute approximate surface area is 148 Å². The molecule has 5 N–H and O–H groups in total. The van der Waals surface area contributed by atoms with Gasteiger partial charge in [0.25, 0.3) is 5.85 Å². The van der Waals surface area contributed by atoms with Crippen molar-refractivity contribution in [2.75, 3.05) is 0 Å². The van der Waals surface area contributed by atoms with Crippen molar-refractivity contribution in [3.05, 3.63) is 27.4 Å². The Kier molecular flexibility index (Phi) is 5.04. The van der Waals surface area contributed by atoms with E-state index < -0.39 is 42.6 Å². The number of aromatic nitrogens is 2. The number of nitrogens with zero attached hydrogens (tertiary/aromatic N) is 1. The summed E-state index contributed by atoms with van der Waals surface area (Å²) in [5.74, 6) is -3.83. The maximum Gasteiger partial charge on any atom is 0.468 e. The van der Waals surface area contributed by atoms with E-state index in [0.717, 1.165) is 12.3 Å². The van der Waals surface area contributed by atoms with E-state index in [2.05, 4.69) is 14.2 Å². The van der Waals surface area contributed by atoms with Crippen LogP contribution in [0, 0.1) is 4.64 Å². The number of rotatable bonds is 4. The van der Waals surface area contributed by atoms with Crippen molar-refractivity contribution >= 4 is 43.6 Å². The van der Waals surface area contributed by atoms with Crippen LogP contribution in [0.4, 0.5) is 4.39 Å². The van der Waals surface area contributed by atoms with E-state index in [-0.39, 0.29) is 4.64 Å². The smallest absolute Gasteiger partial charge is 0.386 e. The number of halogens is 1. The number of phosphoric acid groups is 1. The van der Waals surface area contributed by atoms with E-state index in [9.17, 15) is 19.6 Å². The quantitative estimate of drug-likeness (QED) is 0.209. The third-order valence-corrected chi connectivity index (χ3v) is 4.20. The first kappa shape index (κ1) is 20.5. The number of aliphatic hydroxyl groups is 2. The second-order valence-corrected chi connectivity index (χ2v) is 6.85. The summed E-state index contributed by atoms with van der Waals surface area (Å²) in [4.78, 5) is 31.6. The molecule has 0 bridgehead atoms. The van der Waals surface area contributed by atoms with Crippen molar-refractivity contribution in [1.29, 1.82) is 0 Å². The molecule has 25 heavy (non-hydrogen) atoms. The molecule has 130 valence electrons. The van der Waals surface area contributed by atoms with Gasteiger partial charge in [0, 0.05) is 6.20 Å². The number of ether oxygens (including phenoxy) is 1. The number of aliphatic hydroxyl groups excluding tert-OH is 2. The first-order valence-electron chi connectivity index (χ1n) is 6.35. The molecular formula is C9H9B3FN2O8PS. The molecule has 1 aliphatic heterocycles. The van der Waals surface area contributed by atoms with Crippen LogP contribution in [0.15, 0.2) is 17.1 Å². The van der Waals surface area contributed by atoms with Crippen LogP contribution in [0.5, 0.6) is 0 Å². The summed E-state index contributed by atoms with van der Waals surface area (Å²) < 4.78 is 35.0. The second kappa shape index (κ2) is 6.13. The van der Waals surface area contributed by atoms with Crippen molar-refractivity contribution in [2.45, 2.75) is 29.1 Å². The van der Waals surface area contributed by atoms with Gasteiger partial charge in [-0.15, -0.1) is 0 Å². The highest BCUT2D eigenvalue weighted by atomic mass is 32.1. The predicted octanol–water partition coefficient (Wildman–Crippen LogP) is -2.80. The van der Waals surface area contributed by atoms with E-state index in [1.807, 2.05) is 0 Å². The maximum atomic E-state index is 15.1. The Bertz CT molecular complexity index is 847. The lowest BCUT2D eigenvalue weighted by molar-refractivity contribution is -0.240. The highest BCUT2D eigenvalue weighted by Crippen LogP contribution is 2.50. The summed E-state index contributed by atoms with van der Waals surface area (Å²) in [7, 11) is 10.6. The number of alkyl halides is 1. The van der Waals surface area contributed by atoms with Crippen LogP contribution in [0.25, 0.3) is 0 Å². The number of phosphoric ester groups is 1. The number of hydrogen-bond donors (Lipinski definition) is 5. The summed E-state index contributed by atoms with van der Waals surface area (Å²) in [5.41, 5.74) is -3.83. The summed E-state index contributed by atoms with van der Waals surface area (Å²) >= 11 is 4.70. The number of nitrogens with one attached hydrogen (secondary N) is 1. The lowest BCUT2D eigenvalue weighted by atomic mass is 9.59. The molecule has 0 unspecified atom stereocenters. The molecule has 1 aromatic heterocycles. The minimum absolute atomic E-state index is 0.0266. The van der Waals surface area contributed by atoms with Crippen molar-refractivity contribution in [2.24, 2.45) is 0 Å². The third-order valence-electron chi connectivity index (χ3n) is 3.42. The van der Waals surface area contributed by atoms with Crippen molar-refractivity contribution in [3.8, 4) is 0 Å². The van der Waals surface area contributed by atoms with Gasteiger partial charge < -0.3 is 24.7 Å². The Hall–Kier alpha value is -0.785. The fraction of sp³-hybridized carbons (Fsp3) is 0.556. The van der Waals surface area contributed by atoms with E-state index in [1.54, 1.807) is 0 Å². The Morgan fingerprint density at radius 1 is 1.44 bits per heavy atom. The molecule has 0 aliphatic carbocycles. The van der Waals surface area contributed by atoms with Crippen molar-refractivity contribution in [1.82, 2.24) is 9.55 Å². The predicted molar refractivity (Wildman–Crippen MR) is 83.9 cm³/mol. The molecule has 0 spiro atoms. The Morgan fingerprint density at radius 3 is 2.48 bits per heavy atom. The topological polar surface area (TPSA) is 154 Å². The zero-order valence-electron chi connectivity index (χ0n) is 12.1. The summed E-state index contributed by atoms with van der Waals surface area (Å²) in [6.45, 7) is 0. The first-order valence-corrected chi connectivity index (χ1v) is 8.28. The molecular weight excluding hydrogens is 379 g/mol. The van der Waals surface area contributed by atoms with Crippen LogP contribution >= 0.6 is 20.0 Å². The van der Waals surface area contributed by atoms with Crippen LogP contribution in [-0.2, 0) is 19.4 Å². The largest absolute Gasteiger partial charge is 0.468 e. The van der Waals surface area contributed by atoms with Gasteiger partial charge in [-0.25, -0.2) is 13.8 Å². The zero-order chi connectivity index (χ0) is 19.4. The number of H-pyrrole nitrogens is 1. The van der Waals surface area contributed by atoms with Gasteiger partial charge in [-0.05, 0) is 6.07 Å². The molecule has 1 aromatic rings. The van der Waals surface area contributed by atoms with E-state index >= 15 is 4.39 Å².